The SMILES string of the molecule is CC(C)(C1CCC(OCC(O)CCl)CC1)C1CCC(OCC(O)CCl)CC1. The number of aliphatic hydroxyl groups is 2. The molecule has 2 unspecified atom stereocenters. The summed E-state index contributed by atoms with van der Waals surface area (Å²) >= 11 is 11.3. The number of alkyl halides is 2. The molecule has 2 N–H and O–H groups in total. The van der Waals surface area contributed by atoms with E-state index in [0.717, 1.165) is 37.5 Å². The second kappa shape index (κ2) is 11.6. The first kappa shape index (κ1) is 23.7. The van der Waals surface area contributed by atoms with E-state index in [-0.39, 0.29) is 24.0 Å². The summed E-state index contributed by atoms with van der Waals surface area (Å²) in [5.74, 6) is 1.94. The van der Waals surface area contributed by atoms with Gasteiger partial charge < -0.3 is 19.7 Å². The molecular formula is C21H38Cl2O4. The molecule has 2 aliphatic carbocycles. The highest BCUT2D eigenvalue weighted by atomic mass is 35.5. The molecule has 0 saturated heterocycles. The van der Waals surface area contributed by atoms with Gasteiger partial charge in [0, 0.05) is 0 Å². The Morgan fingerprint density at radius 2 is 1.07 bits per heavy atom. The highest BCUT2D eigenvalue weighted by molar-refractivity contribution is 6.18. The zero-order valence-electron chi connectivity index (χ0n) is 16.9. The van der Waals surface area contributed by atoms with E-state index < -0.39 is 12.2 Å². The van der Waals surface area contributed by atoms with Gasteiger partial charge >= 0.3 is 0 Å². The van der Waals surface area contributed by atoms with Crippen LogP contribution in [0.5, 0.6) is 0 Å². The van der Waals surface area contributed by atoms with Gasteiger partial charge in [-0.25, -0.2) is 0 Å². The fraction of sp³-hybridized carbons (Fsp3) is 1.00. The molecule has 6 heteroatoms. The minimum atomic E-state index is -0.552. The van der Waals surface area contributed by atoms with Crippen molar-refractivity contribution in [2.45, 2.75) is 89.6 Å². The Labute approximate surface area is 174 Å². The summed E-state index contributed by atoms with van der Waals surface area (Å²) in [5, 5.41) is 19.1. The monoisotopic (exact) mass is 424 g/mol. The molecule has 0 aromatic carbocycles. The highest BCUT2D eigenvalue weighted by Gasteiger charge is 2.40. The van der Waals surface area contributed by atoms with Gasteiger partial charge in [0.05, 0.1) is 49.4 Å². The van der Waals surface area contributed by atoms with Crippen molar-refractivity contribution < 1.29 is 19.7 Å². The zero-order chi connectivity index (χ0) is 19.9. The lowest BCUT2D eigenvalue weighted by Crippen LogP contribution is -2.39. The van der Waals surface area contributed by atoms with Crippen LogP contribution in [-0.2, 0) is 9.47 Å². The van der Waals surface area contributed by atoms with Crippen LogP contribution in [0.1, 0.15) is 65.2 Å². The molecule has 4 nitrogen and oxygen atoms in total. The van der Waals surface area contributed by atoms with Gasteiger partial charge in [-0.2, -0.15) is 0 Å². The van der Waals surface area contributed by atoms with Crippen LogP contribution in [-0.4, -0.2) is 59.6 Å². The Kier molecular flexibility index (Phi) is 10.2. The van der Waals surface area contributed by atoms with Gasteiger partial charge in [-0.15, -0.1) is 23.2 Å². The molecule has 0 amide bonds. The first-order valence-corrected chi connectivity index (χ1v) is 11.6. The first-order chi connectivity index (χ1) is 12.9. The van der Waals surface area contributed by atoms with Gasteiger partial charge in [-0.1, -0.05) is 13.8 Å². The minimum absolute atomic E-state index is 0.236. The second-order valence-electron chi connectivity index (χ2n) is 9.05. The molecule has 0 bridgehead atoms. The summed E-state index contributed by atoms with van der Waals surface area (Å²) in [4.78, 5) is 0. The average Bonchev–Trinajstić information content (AvgIpc) is 2.70. The molecule has 0 spiro atoms. The maximum atomic E-state index is 9.56. The Bertz CT molecular complexity index is 369. The van der Waals surface area contributed by atoms with E-state index >= 15 is 0 Å². The van der Waals surface area contributed by atoms with Gasteiger partial charge in [-0.05, 0) is 68.6 Å². The van der Waals surface area contributed by atoms with E-state index in [9.17, 15) is 10.2 Å². The standard InChI is InChI=1S/C21H38Cl2O4/c1-21(2,15-3-7-19(8-4-15)26-13-17(24)11-22)16-5-9-20(10-6-16)27-14-18(25)12-23/h15-20,24-25H,3-14H2,1-2H3. The molecule has 0 aliphatic heterocycles. The van der Waals surface area contributed by atoms with E-state index in [1.165, 1.54) is 25.7 Å². The van der Waals surface area contributed by atoms with E-state index in [2.05, 4.69) is 13.8 Å². The quantitative estimate of drug-likeness (QED) is 0.511. The van der Waals surface area contributed by atoms with Crippen molar-refractivity contribution in [3.63, 3.8) is 0 Å². The molecule has 27 heavy (non-hydrogen) atoms. The largest absolute Gasteiger partial charge is 0.389 e. The lowest BCUT2D eigenvalue weighted by Gasteiger charge is -2.46. The van der Waals surface area contributed by atoms with E-state index in [1.807, 2.05) is 0 Å². The molecule has 2 atom stereocenters. The summed E-state index contributed by atoms with van der Waals surface area (Å²) in [6.07, 6.45) is 8.57. The summed E-state index contributed by atoms with van der Waals surface area (Å²) < 4.78 is 11.7. The van der Waals surface area contributed by atoms with Crippen molar-refractivity contribution >= 4 is 23.2 Å². The third-order valence-electron chi connectivity index (χ3n) is 6.86. The van der Waals surface area contributed by atoms with Crippen molar-refractivity contribution in [3.05, 3.63) is 0 Å². The van der Waals surface area contributed by atoms with Crippen LogP contribution in [0.3, 0.4) is 0 Å². The van der Waals surface area contributed by atoms with E-state index in [1.54, 1.807) is 0 Å². The van der Waals surface area contributed by atoms with Gasteiger partial charge in [0.2, 0.25) is 0 Å². The van der Waals surface area contributed by atoms with Crippen LogP contribution in [0.2, 0.25) is 0 Å². The molecule has 0 aromatic rings. The molecule has 0 heterocycles. The predicted molar refractivity (Wildman–Crippen MR) is 111 cm³/mol. The lowest BCUT2D eigenvalue weighted by atomic mass is 9.60. The van der Waals surface area contributed by atoms with Crippen LogP contribution >= 0.6 is 23.2 Å². The van der Waals surface area contributed by atoms with Gasteiger partial charge in [0.15, 0.2) is 0 Å². The number of hydrogen-bond donors (Lipinski definition) is 2. The Hall–Kier alpha value is 0.420. The third-order valence-corrected chi connectivity index (χ3v) is 7.57. The normalized spacial score (nSPS) is 32.2. The van der Waals surface area contributed by atoms with Gasteiger partial charge in [0.25, 0.3) is 0 Å². The number of halogens is 2. The van der Waals surface area contributed by atoms with Crippen LogP contribution in [0.25, 0.3) is 0 Å². The van der Waals surface area contributed by atoms with Crippen LogP contribution in [0.4, 0.5) is 0 Å². The third kappa shape index (κ3) is 7.31. The fourth-order valence-corrected chi connectivity index (χ4v) is 5.04. The maximum absolute atomic E-state index is 9.56. The topological polar surface area (TPSA) is 58.9 Å². The molecule has 2 rings (SSSR count). The van der Waals surface area contributed by atoms with Crippen molar-refractivity contribution in [3.8, 4) is 0 Å². The summed E-state index contributed by atoms with van der Waals surface area (Å²) in [6.45, 7) is 5.59. The molecular weight excluding hydrogens is 387 g/mol. The Morgan fingerprint density at radius 1 is 0.741 bits per heavy atom. The number of aliphatic hydroxyl groups excluding tert-OH is 2. The number of ether oxygens (including phenoxy) is 2. The fourth-order valence-electron chi connectivity index (χ4n) is 4.86. The minimum Gasteiger partial charge on any atom is -0.389 e. The van der Waals surface area contributed by atoms with E-state index in [4.69, 9.17) is 32.7 Å². The van der Waals surface area contributed by atoms with Crippen molar-refractivity contribution in [2.24, 2.45) is 17.3 Å². The smallest absolute Gasteiger partial charge is 0.0908 e. The van der Waals surface area contributed by atoms with Gasteiger partial charge in [0.1, 0.15) is 0 Å². The maximum Gasteiger partial charge on any atom is 0.0908 e. The van der Waals surface area contributed by atoms with Crippen molar-refractivity contribution in [1.29, 1.82) is 0 Å². The molecule has 2 aliphatic rings. The van der Waals surface area contributed by atoms with E-state index in [0.29, 0.717) is 18.6 Å². The molecule has 160 valence electrons. The number of hydrogen-bond acceptors (Lipinski definition) is 4. The average molecular weight is 425 g/mol. The Morgan fingerprint density at radius 3 is 1.37 bits per heavy atom. The summed E-state index contributed by atoms with van der Waals surface area (Å²) in [6, 6.07) is 0. The number of rotatable bonds is 10. The van der Waals surface area contributed by atoms with Crippen LogP contribution < -0.4 is 0 Å². The van der Waals surface area contributed by atoms with Crippen LogP contribution in [0, 0.1) is 17.3 Å². The lowest BCUT2D eigenvalue weighted by molar-refractivity contribution is -0.0562. The highest BCUT2D eigenvalue weighted by Crippen LogP contribution is 2.48. The Balaban J connectivity index is 1.72. The molecule has 2 saturated carbocycles. The molecule has 0 aromatic heterocycles. The summed E-state index contributed by atoms with van der Waals surface area (Å²) in [7, 11) is 0. The van der Waals surface area contributed by atoms with Gasteiger partial charge in [-0.3, -0.25) is 0 Å². The second-order valence-corrected chi connectivity index (χ2v) is 9.67. The molecule has 0 radical (unpaired) electrons. The first-order valence-electron chi connectivity index (χ1n) is 10.6. The zero-order valence-corrected chi connectivity index (χ0v) is 18.4. The van der Waals surface area contributed by atoms with Crippen molar-refractivity contribution in [1.82, 2.24) is 0 Å². The van der Waals surface area contributed by atoms with Crippen LogP contribution in [0.15, 0.2) is 0 Å². The molecule has 2 fully saturated rings. The van der Waals surface area contributed by atoms with Crippen molar-refractivity contribution in [2.75, 3.05) is 25.0 Å². The summed E-state index contributed by atoms with van der Waals surface area (Å²) in [5.41, 5.74) is 0.335. The predicted octanol–water partition coefficient (Wildman–Crippen LogP) is 4.36.